The second kappa shape index (κ2) is 5.41. The topological polar surface area (TPSA) is 25.8 Å². The van der Waals surface area contributed by atoms with Crippen LogP contribution in [0.4, 0.5) is 0 Å². The zero-order valence-electron chi connectivity index (χ0n) is 8.62. The van der Waals surface area contributed by atoms with Crippen LogP contribution in [-0.2, 0) is 17.3 Å². The first-order valence-electron chi connectivity index (χ1n) is 5.01. The number of halogens is 1. The molecule has 1 aromatic rings. The van der Waals surface area contributed by atoms with E-state index in [4.69, 9.17) is 11.6 Å². The highest BCUT2D eigenvalue weighted by molar-refractivity contribution is 7.98. The maximum Gasteiger partial charge on any atom is 0.140 e. The van der Waals surface area contributed by atoms with Crippen LogP contribution in [0.3, 0.4) is 0 Å². The summed E-state index contributed by atoms with van der Waals surface area (Å²) in [7, 11) is 0. The minimum absolute atomic E-state index is 0.664. The summed E-state index contributed by atoms with van der Waals surface area (Å²) in [5, 5.41) is 0.664. The summed E-state index contributed by atoms with van der Waals surface area (Å²) in [4.78, 5) is 8.89. The first kappa shape index (κ1) is 11.6. The molecule has 1 aromatic heterocycles. The lowest BCUT2D eigenvalue weighted by Crippen LogP contribution is -2.00. The van der Waals surface area contributed by atoms with E-state index >= 15 is 0 Å². The lowest BCUT2D eigenvalue weighted by molar-refractivity contribution is 0.972. The van der Waals surface area contributed by atoms with E-state index in [1.54, 1.807) is 0 Å². The predicted octanol–water partition coefficient (Wildman–Crippen LogP) is 3.52. The largest absolute Gasteiger partial charge is 0.236 e. The summed E-state index contributed by atoms with van der Waals surface area (Å²) in [5.74, 6) is 4.89. The normalized spacial score (nSPS) is 14.3. The lowest BCUT2D eigenvalue weighted by Gasteiger charge is -2.04. The van der Waals surface area contributed by atoms with Gasteiger partial charge in [-0.25, -0.2) is 9.97 Å². The quantitative estimate of drug-likeness (QED) is 0.611. The number of aromatic nitrogens is 2. The SMILES string of the molecule is CCCSCc1nc(Cl)c2c(n1)CSC2. The first-order chi connectivity index (χ1) is 7.31. The molecule has 0 aliphatic carbocycles. The molecule has 1 aliphatic rings. The molecule has 2 heterocycles. The van der Waals surface area contributed by atoms with Crippen LogP contribution in [-0.4, -0.2) is 15.7 Å². The molecule has 0 saturated carbocycles. The van der Waals surface area contributed by atoms with Gasteiger partial charge in [0.25, 0.3) is 0 Å². The Morgan fingerprint density at radius 3 is 3.07 bits per heavy atom. The van der Waals surface area contributed by atoms with Crippen LogP contribution in [0.5, 0.6) is 0 Å². The monoisotopic (exact) mass is 260 g/mol. The molecule has 0 amide bonds. The zero-order chi connectivity index (χ0) is 10.7. The van der Waals surface area contributed by atoms with Gasteiger partial charge >= 0.3 is 0 Å². The van der Waals surface area contributed by atoms with Crippen LogP contribution in [0.15, 0.2) is 0 Å². The molecule has 82 valence electrons. The van der Waals surface area contributed by atoms with Crippen molar-refractivity contribution < 1.29 is 0 Å². The van der Waals surface area contributed by atoms with Gasteiger partial charge in [0.1, 0.15) is 11.0 Å². The summed E-state index contributed by atoms with van der Waals surface area (Å²) in [6.07, 6.45) is 1.19. The molecule has 0 atom stereocenters. The van der Waals surface area contributed by atoms with Crippen molar-refractivity contribution in [1.82, 2.24) is 9.97 Å². The van der Waals surface area contributed by atoms with Crippen LogP contribution in [0.2, 0.25) is 5.15 Å². The highest BCUT2D eigenvalue weighted by Gasteiger charge is 2.18. The van der Waals surface area contributed by atoms with E-state index in [2.05, 4.69) is 16.9 Å². The molecule has 15 heavy (non-hydrogen) atoms. The molecular weight excluding hydrogens is 248 g/mol. The molecule has 0 bridgehead atoms. The van der Waals surface area contributed by atoms with Crippen molar-refractivity contribution in [2.45, 2.75) is 30.6 Å². The van der Waals surface area contributed by atoms with Gasteiger partial charge in [-0.05, 0) is 12.2 Å². The summed E-state index contributed by atoms with van der Waals surface area (Å²) < 4.78 is 0. The second-order valence-electron chi connectivity index (χ2n) is 3.40. The molecule has 0 N–H and O–H groups in total. The fourth-order valence-electron chi connectivity index (χ4n) is 1.43. The number of hydrogen-bond acceptors (Lipinski definition) is 4. The minimum atomic E-state index is 0.664. The molecule has 0 saturated heterocycles. The smallest absolute Gasteiger partial charge is 0.140 e. The van der Waals surface area contributed by atoms with Crippen molar-refractivity contribution in [3.05, 3.63) is 22.2 Å². The molecule has 0 fully saturated rings. The third kappa shape index (κ3) is 2.80. The molecule has 0 spiro atoms. The zero-order valence-corrected chi connectivity index (χ0v) is 11.0. The summed E-state index contributed by atoms with van der Waals surface area (Å²) in [6, 6.07) is 0. The Morgan fingerprint density at radius 2 is 2.27 bits per heavy atom. The number of hydrogen-bond donors (Lipinski definition) is 0. The minimum Gasteiger partial charge on any atom is -0.236 e. The Kier molecular flexibility index (Phi) is 4.17. The fourth-order valence-corrected chi connectivity index (χ4v) is 3.57. The maximum atomic E-state index is 6.11. The van der Waals surface area contributed by atoms with Crippen LogP contribution in [0, 0.1) is 0 Å². The first-order valence-corrected chi connectivity index (χ1v) is 7.69. The average molecular weight is 261 g/mol. The molecule has 1 aliphatic heterocycles. The summed E-state index contributed by atoms with van der Waals surface area (Å²) >= 11 is 9.84. The Labute approximate surface area is 104 Å². The van der Waals surface area contributed by atoms with E-state index in [1.807, 2.05) is 23.5 Å². The highest BCUT2D eigenvalue weighted by Crippen LogP contribution is 2.32. The van der Waals surface area contributed by atoms with Gasteiger partial charge in [-0.2, -0.15) is 23.5 Å². The van der Waals surface area contributed by atoms with Crippen LogP contribution in [0.25, 0.3) is 0 Å². The van der Waals surface area contributed by atoms with E-state index in [-0.39, 0.29) is 0 Å². The van der Waals surface area contributed by atoms with Gasteiger partial charge in [-0.3, -0.25) is 0 Å². The fraction of sp³-hybridized carbons (Fsp3) is 0.600. The molecule has 0 radical (unpaired) electrons. The van der Waals surface area contributed by atoms with E-state index in [1.165, 1.54) is 6.42 Å². The van der Waals surface area contributed by atoms with Gasteiger partial charge in [-0.1, -0.05) is 18.5 Å². The number of thioether (sulfide) groups is 2. The number of fused-ring (bicyclic) bond motifs is 1. The van der Waals surface area contributed by atoms with Crippen molar-refractivity contribution in [3.8, 4) is 0 Å². The number of rotatable bonds is 4. The van der Waals surface area contributed by atoms with Crippen molar-refractivity contribution >= 4 is 35.1 Å². The Morgan fingerprint density at radius 1 is 1.40 bits per heavy atom. The molecule has 5 heteroatoms. The van der Waals surface area contributed by atoms with Crippen molar-refractivity contribution in [3.63, 3.8) is 0 Å². The van der Waals surface area contributed by atoms with Gasteiger partial charge in [0.2, 0.25) is 0 Å². The second-order valence-corrected chi connectivity index (χ2v) is 5.85. The third-order valence-corrected chi connectivity index (χ3v) is 4.60. The molecule has 0 aromatic carbocycles. The predicted molar refractivity (Wildman–Crippen MR) is 68.5 cm³/mol. The molecule has 0 unspecified atom stereocenters. The van der Waals surface area contributed by atoms with Gasteiger partial charge in [0, 0.05) is 17.1 Å². The van der Waals surface area contributed by atoms with E-state index < -0.39 is 0 Å². The van der Waals surface area contributed by atoms with Crippen molar-refractivity contribution in [1.29, 1.82) is 0 Å². The molecular formula is C10H13ClN2S2. The maximum absolute atomic E-state index is 6.11. The Hall–Kier alpha value is 0.0700. The Balaban J connectivity index is 2.09. The van der Waals surface area contributed by atoms with Crippen molar-refractivity contribution in [2.75, 3.05) is 5.75 Å². The average Bonchev–Trinajstić information content (AvgIpc) is 2.66. The van der Waals surface area contributed by atoms with Crippen LogP contribution in [0.1, 0.15) is 30.4 Å². The molecule has 2 rings (SSSR count). The van der Waals surface area contributed by atoms with E-state index in [9.17, 15) is 0 Å². The lowest BCUT2D eigenvalue weighted by atomic mass is 10.3. The van der Waals surface area contributed by atoms with E-state index in [0.717, 1.165) is 40.1 Å². The van der Waals surface area contributed by atoms with Gasteiger partial charge in [0.05, 0.1) is 11.4 Å². The van der Waals surface area contributed by atoms with E-state index in [0.29, 0.717) is 5.15 Å². The van der Waals surface area contributed by atoms with Gasteiger partial charge in [-0.15, -0.1) is 0 Å². The molecule has 2 nitrogen and oxygen atoms in total. The summed E-state index contributed by atoms with van der Waals surface area (Å²) in [6.45, 7) is 2.18. The number of nitrogens with zero attached hydrogens (tertiary/aromatic N) is 2. The van der Waals surface area contributed by atoms with Crippen LogP contribution < -0.4 is 0 Å². The van der Waals surface area contributed by atoms with Crippen molar-refractivity contribution in [2.24, 2.45) is 0 Å². The highest BCUT2D eigenvalue weighted by atomic mass is 35.5. The van der Waals surface area contributed by atoms with Gasteiger partial charge in [0.15, 0.2) is 0 Å². The van der Waals surface area contributed by atoms with Crippen LogP contribution >= 0.6 is 35.1 Å². The standard InChI is InChI=1S/C10H13ClN2S2/c1-2-3-14-6-9-12-8-5-15-4-7(8)10(11)13-9/h2-6H2,1H3. The third-order valence-electron chi connectivity index (χ3n) is 2.15. The van der Waals surface area contributed by atoms with Gasteiger partial charge < -0.3 is 0 Å². The Bertz CT molecular complexity index is 358. The summed E-state index contributed by atoms with van der Waals surface area (Å²) in [5.41, 5.74) is 2.29.